The Hall–Kier alpha value is -3.35. The van der Waals surface area contributed by atoms with E-state index >= 15 is 0 Å². The number of hydrogen-bond acceptors (Lipinski definition) is 4. The van der Waals surface area contributed by atoms with Crippen LogP contribution in [0.4, 0.5) is 5.69 Å². The van der Waals surface area contributed by atoms with Crippen LogP contribution in [0.2, 0.25) is 0 Å². The van der Waals surface area contributed by atoms with Crippen molar-refractivity contribution in [2.24, 2.45) is 5.92 Å². The molecule has 0 unspecified atom stereocenters. The fourth-order valence-corrected chi connectivity index (χ4v) is 2.37. The molecule has 0 aliphatic rings. The molecule has 0 heterocycles. The van der Waals surface area contributed by atoms with Crippen molar-refractivity contribution in [2.45, 2.75) is 13.8 Å². The van der Waals surface area contributed by atoms with E-state index in [1.54, 1.807) is 48.5 Å². The molecule has 2 aromatic rings. The summed E-state index contributed by atoms with van der Waals surface area (Å²) in [4.78, 5) is 36.0. The Kier molecular flexibility index (Phi) is 7.56. The molecular formula is C21H25N3O4. The number of amides is 3. The third-order valence-electron chi connectivity index (χ3n) is 3.99. The molecule has 0 aliphatic heterocycles. The van der Waals surface area contributed by atoms with Gasteiger partial charge in [0.2, 0.25) is 5.91 Å². The first kappa shape index (κ1) is 21.0. The first-order valence-corrected chi connectivity index (χ1v) is 9.02. The van der Waals surface area contributed by atoms with E-state index in [2.05, 4.69) is 16.0 Å². The van der Waals surface area contributed by atoms with Crippen LogP contribution >= 0.6 is 0 Å². The van der Waals surface area contributed by atoms with E-state index in [9.17, 15) is 14.4 Å². The standard InChI is InChI=1S/C21H25N3O4/c1-14(2)19(25)24-16-10-8-15(9-11-16)20(26)22-12-13-23-21(27)17-6-4-5-7-18(17)28-3/h4-11,14H,12-13H2,1-3H3,(H,22,26)(H,23,27)(H,24,25). The maximum Gasteiger partial charge on any atom is 0.255 e. The first-order valence-electron chi connectivity index (χ1n) is 9.02. The van der Waals surface area contributed by atoms with Crippen LogP contribution in [-0.2, 0) is 4.79 Å². The van der Waals surface area contributed by atoms with Crippen molar-refractivity contribution in [3.63, 3.8) is 0 Å². The molecule has 0 radical (unpaired) electrons. The summed E-state index contributed by atoms with van der Waals surface area (Å²) in [5.41, 5.74) is 1.55. The SMILES string of the molecule is COc1ccccc1C(=O)NCCNC(=O)c1ccc(NC(=O)C(C)C)cc1. The Bertz CT molecular complexity index is 832. The molecule has 2 aromatic carbocycles. The largest absolute Gasteiger partial charge is 0.496 e. The van der Waals surface area contributed by atoms with Gasteiger partial charge in [-0.05, 0) is 36.4 Å². The van der Waals surface area contributed by atoms with Crippen LogP contribution in [0.25, 0.3) is 0 Å². The topological polar surface area (TPSA) is 96.5 Å². The summed E-state index contributed by atoms with van der Waals surface area (Å²) in [6, 6.07) is 13.6. The van der Waals surface area contributed by atoms with Gasteiger partial charge in [-0.25, -0.2) is 0 Å². The number of anilines is 1. The van der Waals surface area contributed by atoms with Crippen molar-refractivity contribution in [1.29, 1.82) is 0 Å². The Balaban J connectivity index is 1.79. The number of methoxy groups -OCH3 is 1. The quantitative estimate of drug-likeness (QED) is 0.610. The van der Waals surface area contributed by atoms with Crippen molar-refractivity contribution >= 4 is 23.4 Å². The minimum absolute atomic E-state index is 0.0806. The van der Waals surface area contributed by atoms with Crippen LogP contribution in [0.3, 0.4) is 0 Å². The van der Waals surface area contributed by atoms with Gasteiger partial charge < -0.3 is 20.7 Å². The third-order valence-corrected chi connectivity index (χ3v) is 3.99. The monoisotopic (exact) mass is 383 g/mol. The number of para-hydroxylation sites is 1. The lowest BCUT2D eigenvalue weighted by Crippen LogP contribution is -2.34. The molecule has 3 N–H and O–H groups in total. The molecule has 148 valence electrons. The molecule has 3 amide bonds. The van der Waals surface area contributed by atoms with Gasteiger partial charge in [0, 0.05) is 30.3 Å². The summed E-state index contributed by atoms with van der Waals surface area (Å²) in [6.45, 7) is 4.18. The van der Waals surface area contributed by atoms with Crippen LogP contribution in [0.1, 0.15) is 34.6 Å². The molecule has 0 spiro atoms. The van der Waals surface area contributed by atoms with Gasteiger partial charge in [-0.2, -0.15) is 0 Å². The number of carbonyl (C=O) groups excluding carboxylic acids is 3. The fourth-order valence-electron chi connectivity index (χ4n) is 2.37. The highest BCUT2D eigenvalue weighted by atomic mass is 16.5. The average molecular weight is 383 g/mol. The number of ether oxygens (including phenoxy) is 1. The normalized spacial score (nSPS) is 10.3. The van der Waals surface area contributed by atoms with E-state index < -0.39 is 0 Å². The third kappa shape index (κ3) is 5.84. The molecule has 28 heavy (non-hydrogen) atoms. The average Bonchev–Trinajstić information content (AvgIpc) is 2.71. The molecule has 0 bridgehead atoms. The second-order valence-electron chi connectivity index (χ2n) is 6.43. The summed E-state index contributed by atoms with van der Waals surface area (Å²) in [6.07, 6.45) is 0. The predicted octanol–water partition coefficient (Wildman–Crippen LogP) is 2.45. The van der Waals surface area contributed by atoms with E-state index in [1.807, 2.05) is 13.8 Å². The zero-order chi connectivity index (χ0) is 20.5. The Labute approximate surface area is 164 Å². The fraction of sp³-hybridized carbons (Fsp3) is 0.286. The van der Waals surface area contributed by atoms with E-state index in [0.29, 0.717) is 22.6 Å². The van der Waals surface area contributed by atoms with Gasteiger partial charge in [0.1, 0.15) is 5.75 Å². The van der Waals surface area contributed by atoms with Crippen molar-refractivity contribution < 1.29 is 19.1 Å². The molecule has 0 saturated carbocycles. The number of hydrogen-bond donors (Lipinski definition) is 3. The molecule has 0 fully saturated rings. The van der Waals surface area contributed by atoms with Gasteiger partial charge >= 0.3 is 0 Å². The molecule has 0 saturated heterocycles. The lowest BCUT2D eigenvalue weighted by atomic mass is 10.1. The van der Waals surface area contributed by atoms with Gasteiger partial charge in [0.25, 0.3) is 11.8 Å². The van der Waals surface area contributed by atoms with Crippen LogP contribution in [0.5, 0.6) is 5.75 Å². The van der Waals surface area contributed by atoms with Gasteiger partial charge in [-0.15, -0.1) is 0 Å². The highest BCUT2D eigenvalue weighted by Crippen LogP contribution is 2.16. The summed E-state index contributed by atoms with van der Waals surface area (Å²) in [7, 11) is 1.51. The lowest BCUT2D eigenvalue weighted by Gasteiger charge is -2.10. The van der Waals surface area contributed by atoms with Crippen molar-refractivity contribution in [3.05, 3.63) is 59.7 Å². The summed E-state index contributed by atoms with van der Waals surface area (Å²) in [5.74, 6) is -0.226. The van der Waals surface area contributed by atoms with E-state index in [-0.39, 0.29) is 36.7 Å². The molecule has 7 heteroatoms. The van der Waals surface area contributed by atoms with Gasteiger partial charge in [-0.1, -0.05) is 26.0 Å². The minimum atomic E-state index is -0.267. The zero-order valence-corrected chi connectivity index (χ0v) is 16.2. The van der Waals surface area contributed by atoms with Gasteiger partial charge in [0.05, 0.1) is 12.7 Å². The second kappa shape index (κ2) is 10.1. The minimum Gasteiger partial charge on any atom is -0.496 e. The maximum absolute atomic E-state index is 12.2. The van der Waals surface area contributed by atoms with E-state index in [1.165, 1.54) is 7.11 Å². The molecular weight excluding hydrogens is 358 g/mol. The van der Waals surface area contributed by atoms with Gasteiger partial charge in [0.15, 0.2) is 0 Å². The number of carbonyl (C=O) groups is 3. The van der Waals surface area contributed by atoms with Crippen LogP contribution in [0, 0.1) is 5.92 Å². The molecule has 2 rings (SSSR count). The maximum atomic E-state index is 12.2. The van der Waals surface area contributed by atoms with Crippen molar-refractivity contribution in [1.82, 2.24) is 10.6 Å². The number of benzene rings is 2. The first-order chi connectivity index (χ1) is 13.4. The molecule has 0 aromatic heterocycles. The second-order valence-corrected chi connectivity index (χ2v) is 6.43. The van der Waals surface area contributed by atoms with Crippen LogP contribution in [-0.4, -0.2) is 37.9 Å². The Morgan fingerprint density at radius 2 is 1.50 bits per heavy atom. The van der Waals surface area contributed by atoms with Gasteiger partial charge in [-0.3, -0.25) is 14.4 Å². The summed E-state index contributed by atoms with van der Waals surface area (Å²) < 4.78 is 5.16. The predicted molar refractivity (Wildman–Crippen MR) is 108 cm³/mol. The molecule has 0 aliphatic carbocycles. The van der Waals surface area contributed by atoms with E-state index in [0.717, 1.165) is 0 Å². The smallest absolute Gasteiger partial charge is 0.255 e. The van der Waals surface area contributed by atoms with E-state index in [4.69, 9.17) is 4.74 Å². The van der Waals surface area contributed by atoms with Crippen LogP contribution in [0.15, 0.2) is 48.5 Å². The van der Waals surface area contributed by atoms with Crippen LogP contribution < -0.4 is 20.7 Å². The summed E-state index contributed by atoms with van der Waals surface area (Å²) in [5, 5.41) is 8.25. The highest BCUT2D eigenvalue weighted by molar-refractivity contribution is 5.97. The molecule has 0 atom stereocenters. The number of rotatable bonds is 8. The Morgan fingerprint density at radius 3 is 2.11 bits per heavy atom. The Morgan fingerprint density at radius 1 is 0.893 bits per heavy atom. The summed E-state index contributed by atoms with van der Waals surface area (Å²) >= 11 is 0. The number of nitrogens with one attached hydrogen (secondary N) is 3. The molecule has 7 nitrogen and oxygen atoms in total. The van der Waals surface area contributed by atoms with Crippen molar-refractivity contribution in [3.8, 4) is 5.75 Å². The van der Waals surface area contributed by atoms with Crippen molar-refractivity contribution in [2.75, 3.05) is 25.5 Å². The highest BCUT2D eigenvalue weighted by Gasteiger charge is 2.11. The zero-order valence-electron chi connectivity index (χ0n) is 16.2. The lowest BCUT2D eigenvalue weighted by molar-refractivity contribution is -0.118.